The molecule has 138 valence electrons. The summed E-state index contributed by atoms with van der Waals surface area (Å²) in [5.41, 5.74) is 4.00. The number of carbonyl (C=O) groups is 1. The number of aromatic nitrogens is 2. The molecule has 0 unspecified atom stereocenters. The van der Waals surface area contributed by atoms with Crippen LogP contribution in [-0.4, -0.2) is 23.0 Å². The minimum atomic E-state index is -0.289. The molecule has 6 heteroatoms. The maximum Gasteiger partial charge on any atom is 0.275 e. The van der Waals surface area contributed by atoms with E-state index in [0.717, 1.165) is 28.9 Å². The van der Waals surface area contributed by atoms with E-state index in [9.17, 15) is 4.79 Å². The summed E-state index contributed by atoms with van der Waals surface area (Å²) in [5, 5.41) is 6.06. The number of para-hydroxylation sites is 1. The zero-order valence-electron chi connectivity index (χ0n) is 15.6. The summed E-state index contributed by atoms with van der Waals surface area (Å²) in [6, 6.07) is 13.5. The fourth-order valence-electron chi connectivity index (χ4n) is 2.70. The van der Waals surface area contributed by atoms with Gasteiger partial charge in [-0.05, 0) is 42.7 Å². The van der Waals surface area contributed by atoms with Crippen LogP contribution in [0.15, 0.2) is 54.9 Å². The van der Waals surface area contributed by atoms with Crippen molar-refractivity contribution in [1.82, 2.24) is 9.97 Å². The molecule has 1 heterocycles. The van der Waals surface area contributed by atoms with Crippen molar-refractivity contribution in [3.05, 3.63) is 71.7 Å². The topological polar surface area (TPSA) is 76.1 Å². The first-order chi connectivity index (χ1) is 13.1. The summed E-state index contributed by atoms with van der Waals surface area (Å²) < 4.78 is 5.35. The van der Waals surface area contributed by atoms with Crippen molar-refractivity contribution in [1.29, 1.82) is 0 Å². The third-order valence-corrected chi connectivity index (χ3v) is 4.15. The van der Waals surface area contributed by atoms with Gasteiger partial charge in [-0.3, -0.25) is 4.79 Å². The number of benzene rings is 2. The van der Waals surface area contributed by atoms with Gasteiger partial charge in [0.2, 0.25) is 0 Å². The highest BCUT2D eigenvalue weighted by Crippen LogP contribution is 2.27. The van der Waals surface area contributed by atoms with Gasteiger partial charge in [0.1, 0.15) is 17.3 Å². The molecule has 2 aromatic carbocycles. The molecule has 3 aromatic rings. The highest BCUT2D eigenvalue weighted by atomic mass is 16.5. The molecule has 0 radical (unpaired) electrons. The molecule has 3 rings (SSSR count). The van der Waals surface area contributed by atoms with Gasteiger partial charge in [-0.25, -0.2) is 9.97 Å². The van der Waals surface area contributed by atoms with Crippen LogP contribution in [0, 0.1) is 6.92 Å². The van der Waals surface area contributed by atoms with Gasteiger partial charge in [0.15, 0.2) is 0 Å². The molecule has 0 aliphatic rings. The van der Waals surface area contributed by atoms with Crippen LogP contribution < -0.4 is 15.4 Å². The first-order valence-electron chi connectivity index (χ1n) is 8.73. The number of rotatable bonds is 6. The van der Waals surface area contributed by atoms with E-state index >= 15 is 0 Å². The molecule has 0 bridgehead atoms. The second kappa shape index (κ2) is 8.31. The average Bonchev–Trinajstić information content (AvgIpc) is 2.69. The predicted molar refractivity (Wildman–Crippen MR) is 107 cm³/mol. The van der Waals surface area contributed by atoms with E-state index in [-0.39, 0.29) is 11.6 Å². The highest BCUT2D eigenvalue weighted by molar-refractivity contribution is 6.03. The smallest absolute Gasteiger partial charge is 0.275 e. The number of carbonyl (C=O) groups excluding carboxylic acids is 1. The van der Waals surface area contributed by atoms with E-state index in [1.165, 1.54) is 12.4 Å². The van der Waals surface area contributed by atoms with Crippen LogP contribution in [0.1, 0.15) is 28.5 Å². The fourth-order valence-corrected chi connectivity index (χ4v) is 2.70. The number of hydrogen-bond acceptors (Lipinski definition) is 5. The maximum atomic E-state index is 12.4. The van der Waals surface area contributed by atoms with Gasteiger partial charge in [-0.15, -0.1) is 0 Å². The van der Waals surface area contributed by atoms with Gasteiger partial charge < -0.3 is 15.4 Å². The predicted octanol–water partition coefficient (Wildman–Crippen LogP) is 4.35. The Morgan fingerprint density at radius 1 is 1.07 bits per heavy atom. The third kappa shape index (κ3) is 4.41. The van der Waals surface area contributed by atoms with Crippen LogP contribution in [-0.2, 0) is 6.42 Å². The number of anilines is 3. The molecule has 0 saturated carbocycles. The lowest BCUT2D eigenvalue weighted by atomic mass is 10.1. The normalized spacial score (nSPS) is 10.3. The number of hydrogen-bond donors (Lipinski definition) is 2. The minimum Gasteiger partial charge on any atom is -0.495 e. The van der Waals surface area contributed by atoms with E-state index < -0.39 is 0 Å². The summed E-state index contributed by atoms with van der Waals surface area (Å²) in [7, 11) is 1.61. The standard InChI is InChI=1S/C21H22N4O2/c1-4-15-7-5-6-8-16(15)25-21(26)18-12-23-20(13-22-18)24-17-11-14(2)9-10-19(17)27-3/h5-13H,4H2,1-3H3,(H,23,24)(H,25,26). The Morgan fingerprint density at radius 3 is 2.59 bits per heavy atom. The summed E-state index contributed by atoms with van der Waals surface area (Å²) in [6.07, 6.45) is 3.82. The van der Waals surface area contributed by atoms with Crippen LogP contribution in [0.25, 0.3) is 0 Å². The highest BCUT2D eigenvalue weighted by Gasteiger charge is 2.11. The Balaban J connectivity index is 1.73. The second-order valence-corrected chi connectivity index (χ2v) is 6.08. The number of aryl methyl sites for hydroxylation is 2. The Labute approximate surface area is 158 Å². The fraction of sp³-hybridized carbons (Fsp3) is 0.190. The summed E-state index contributed by atoms with van der Waals surface area (Å²) in [4.78, 5) is 21.0. The lowest BCUT2D eigenvalue weighted by molar-refractivity contribution is 0.102. The van der Waals surface area contributed by atoms with E-state index in [0.29, 0.717) is 11.6 Å². The molecule has 2 N–H and O–H groups in total. The molecular formula is C21H22N4O2. The molecule has 0 spiro atoms. The van der Waals surface area contributed by atoms with Crippen molar-refractivity contribution in [3.63, 3.8) is 0 Å². The molecule has 27 heavy (non-hydrogen) atoms. The lowest BCUT2D eigenvalue weighted by Gasteiger charge is -2.12. The zero-order chi connectivity index (χ0) is 19.2. The molecule has 6 nitrogen and oxygen atoms in total. The van der Waals surface area contributed by atoms with E-state index in [2.05, 4.69) is 20.6 Å². The second-order valence-electron chi connectivity index (χ2n) is 6.08. The quantitative estimate of drug-likeness (QED) is 0.682. The summed E-state index contributed by atoms with van der Waals surface area (Å²) in [6.45, 7) is 4.04. The van der Waals surface area contributed by atoms with Crippen LogP contribution in [0.5, 0.6) is 5.75 Å². The largest absolute Gasteiger partial charge is 0.495 e. The van der Waals surface area contributed by atoms with Gasteiger partial charge in [0, 0.05) is 5.69 Å². The van der Waals surface area contributed by atoms with E-state index in [4.69, 9.17) is 4.74 Å². The van der Waals surface area contributed by atoms with Crippen LogP contribution in [0.4, 0.5) is 17.2 Å². The third-order valence-electron chi connectivity index (χ3n) is 4.15. The number of methoxy groups -OCH3 is 1. The van der Waals surface area contributed by atoms with Crippen LogP contribution >= 0.6 is 0 Å². The Bertz CT molecular complexity index is 939. The van der Waals surface area contributed by atoms with Crippen molar-refractivity contribution < 1.29 is 9.53 Å². The summed E-state index contributed by atoms with van der Waals surface area (Å²) in [5.74, 6) is 0.952. The van der Waals surface area contributed by atoms with Crippen LogP contribution in [0.3, 0.4) is 0 Å². The molecule has 0 aliphatic heterocycles. The van der Waals surface area contributed by atoms with E-state index in [1.807, 2.05) is 56.3 Å². The number of ether oxygens (including phenoxy) is 1. The Morgan fingerprint density at radius 2 is 1.89 bits per heavy atom. The average molecular weight is 362 g/mol. The van der Waals surface area contributed by atoms with Crippen molar-refractivity contribution in [2.45, 2.75) is 20.3 Å². The number of nitrogens with one attached hydrogen (secondary N) is 2. The number of nitrogens with zero attached hydrogens (tertiary/aromatic N) is 2. The van der Waals surface area contributed by atoms with Gasteiger partial charge in [-0.1, -0.05) is 31.2 Å². The summed E-state index contributed by atoms with van der Waals surface area (Å²) >= 11 is 0. The van der Waals surface area contributed by atoms with Gasteiger partial charge in [0.05, 0.1) is 25.2 Å². The zero-order valence-corrected chi connectivity index (χ0v) is 15.6. The SMILES string of the molecule is CCc1ccccc1NC(=O)c1cnc(Nc2cc(C)ccc2OC)cn1. The molecule has 0 fully saturated rings. The molecule has 1 aromatic heterocycles. The molecule has 0 saturated heterocycles. The molecular weight excluding hydrogens is 340 g/mol. The van der Waals surface area contributed by atoms with Gasteiger partial charge in [-0.2, -0.15) is 0 Å². The Kier molecular flexibility index (Phi) is 5.66. The first-order valence-corrected chi connectivity index (χ1v) is 8.73. The van der Waals surface area contributed by atoms with Crippen molar-refractivity contribution in [2.75, 3.05) is 17.7 Å². The minimum absolute atomic E-state index is 0.252. The van der Waals surface area contributed by atoms with E-state index in [1.54, 1.807) is 7.11 Å². The number of amides is 1. The van der Waals surface area contributed by atoms with Crippen molar-refractivity contribution >= 4 is 23.1 Å². The van der Waals surface area contributed by atoms with Crippen molar-refractivity contribution in [3.8, 4) is 5.75 Å². The lowest BCUT2D eigenvalue weighted by Crippen LogP contribution is -2.15. The molecule has 1 amide bonds. The maximum absolute atomic E-state index is 12.4. The molecule has 0 atom stereocenters. The van der Waals surface area contributed by atoms with Crippen molar-refractivity contribution in [2.24, 2.45) is 0 Å². The Hall–Kier alpha value is -3.41. The monoisotopic (exact) mass is 362 g/mol. The first kappa shape index (κ1) is 18.4. The van der Waals surface area contributed by atoms with Gasteiger partial charge in [0.25, 0.3) is 5.91 Å². The molecule has 0 aliphatic carbocycles. The van der Waals surface area contributed by atoms with Gasteiger partial charge >= 0.3 is 0 Å². The van der Waals surface area contributed by atoms with Crippen LogP contribution in [0.2, 0.25) is 0 Å².